The number of amides is 1. The molecule has 2 aromatic rings. The second-order valence-corrected chi connectivity index (χ2v) is 6.38. The molecule has 3 nitrogen and oxygen atoms in total. The number of carbonyl (C=O) groups excluding carboxylic acids is 1. The van der Waals surface area contributed by atoms with Crippen LogP contribution in [0, 0.1) is 0 Å². The summed E-state index contributed by atoms with van der Waals surface area (Å²) >= 11 is 0. The average Bonchev–Trinajstić information content (AvgIpc) is 3.03. The van der Waals surface area contributed by atoms with Crippen molar-refractivity contribution in [1.29, 1.82) is 0 Å². The molecule has 0 bridgehead atoms. The van der Waals surface area contributed by atoms with E-state index in [4.69, 9.17) is 4.74 Å². The van der Waals surface area contributed by atoms with Crippen LogP contribution in [-0.4, -0.2) is 23.6 Å². The minimum atomic E-state index is -0.533. The fourth-order valence-electron chi connectivity index (χ4n) is 3.04. The average molecular weight is 363 g/mol. The van der Waals surface area contributed by atoms with Crippen molar-refractivity contribution in [3.05, 3.63) is 96.4 Å². The summed E-state index contributed by atoms with van der Waals surface area (Å²) in [5.74, 6) is -0.533. The van der Waals surface area contributed by atoms with Crippen molar-refractivity contribution >= 4 is 6.09 Å². The van der Waals surface area contributed by atoms with Crippen LogP contribution in [0.3, 0.4) is 0 Å². The van der Waals surface area contributed by atoms with Crippen LogP contribution >= 0.6 is 0 Å². The molecule has 3 rings (SSSR count). The molecule has 1 aliphatic heterocycles. The Balaban J connectivity index is 1.66. The van der Waals surface area contributed by atoms with E-state index in [0.717, 1.165) is 22.3 Å². The zero-order valence-corrected chi connectivity index (χ0v) is 15.3. The standard InChI is InChI=1S/C23H22FNO2/c1-3-19(12-9-17(2)24)22-16-25(23(26)27-22)15-18-10-13-21(14-11-18)20-7-5-4-6-8-20/h3-14,22H,2,15-16H2,1H3/b12-9-,19-3?. The number of allylic oxidation sites excluding steroid dienone is 3. The summed E-state index contributed by atoms with van der Waals surface area (Å²) in [5.41, 5.74) is 4.07. The third-order valence-corrected chi connectivity index (χ3v) is 4.48. The Morgan fingerprint density at radius 2 is 1.81 bits per heavy atom. The van der Waals surface area contributed by atoms with Gasteiger partial charge in [0.15, 0.2) is 0 Å². The van der Waals surface area contributed by atoms with E-state index in [1.807, 2.05) is 43.3 Å². The van der Waals surface area contributed by atoms with Crippen molar-refractivity contribution in [3.8, 4) is 11.1 Å². The van der Waals surface area contributed by atoms with E-state index in [2.05, 4.69) is 30.8 Å². The van der Waals surface area contributed by atoms with Gasteiger partial charge in [-0.1, -0.05) is 73.3 Å². The highest BCUT2D eigenvalue weighted by Gasteiger charge is 2.32. The van der Waals surface area contributed by atoms with Gasteiger partial charge in [0.25, 0.3) is 0 Å². The Labute approximate surface area is 159 Å². The zero-order chi connectivity index (χ0) is 19.2. The van der Waals surface area contributed by atoms with Gasteiger partial charge in [-0.3, -0.25) is 4.90 Å². The lowest BCUT2D eigenvalue weighted by Gasteiger charge is -2.13. The second-order valence-electron chi connectivity index (χ2n) is 6.38. The molecule has 1 atom stereocenters. The first-order valence-electron chi connectivity index (χ1n) is 8.85. The van der Waals surface area contributed by atoms with Crippen LogP contribution in [0.15, 0.2) is 90.8 Å². The minimum absolute atomic E-state index is 0.362. The SMILES string of the molecule is C=C(F)/C=C\C(=CC)C1CN(Cc2ccc(-c3ccccc3)cc2)C(=O)O1. The number of cyclic esters (lactones) is 1. The molecule has 1 aliphatic rings. The molecular weight excluding hydrogens is 341 g/mol. The summed E-state index contributed by atoms with van der Waals surface area (Å²) in [6.07, 6.45) is 3.92. The van der Waals surface area contributed by atoms with E-state index in [0.29, 0.717) is 13.1 Å². The van der Waals surface area contributed by atoms with Crippen molar-refractivity contribution in [3.63, 3.8) is 0 Å². The molecule has 1 heterocycles. The predicted molar refractivity (Wildman–Crippen MR) is 106 cm³/mol. The fraction of sp³-hybridized carbons (Fsp3) is 0.174. The lowest BCUT2D eigenvalue weighted by molar-refractivity contribution is 0.142. The van der Waals surface area contributed by atoms with Crippen LogP contribution in [0.4, 0.5) is 9.18 Å². The number of ether oxygens (including phenoxy) is 1. The van der Waals surface area contributed by atoms with Crippen molar-refractivity contribution < 1.29 is 13.9 Å². The molecule has 27 heavy (non-hydrogen) atoms. The Kier molecular flexibility index (Phi) is 5.87. The molecular formula is C23H22FNO2. The van der Waals surface area contributed by atoms with Gasteiger partial charge in [-0.05, 0) is 35.3 Å². The zero-order valence-electron chi connectivity index (χ0n) is 15.3. The van der Waals surface area contributed by atoms with Gasteiger partial charge in [-0.2, -0.15) is 0 Å². The monoisotopic (exact) mass is 363 g/mol. The maximum absolute atomic E-state index is 12.9. The molecule has 0 spiro atoms. The maximum atomic E-state index is 12.9. The smallest absolute Gasteiger partial charge is 0.410 e. The summed E-state index contributed by atoms with van der Waals surface area (Å²) in [6, 6.07) is 18.3. The van der Waals surface area contributed by atoms with Crippen LogP contribution in [-0.2, 0) is 11.3 Å². The lowest BCUT2D eigenvalue weighted by Crippen LogP contribution is -2.24. The van der Waals surface area contributed by atoms with E-state index in [1.54, 1.807) is 11.0 Å². The molecule has 1 unspecified atom stereocenters. The Hall–Kier alpha value is -3.14. The normalized spacial score (nSPS) is 17.4. The van der Waals surface area contributed by atoms with Crippen LogP contribution < -0.4 is 0 Å². The van der Waals surface area contributed by atoms with Crippen LogP contribution in [0.5, 0.6) is 0 Å². The van der Waals surface area contributed by atoms with Gasteiger partial charge in [-0.15, -0.1) is 0 Å². The third kappa shape index (κ3) is 4.73. The summed E-state index contributed by atoms with van der Waals surface area (Å²) in [6.45, 7) is 5.94. The minimum Gasteiger partial charge on any atom is -0.439 e. The van der Waals surface area contributed by atoms with Crippen LogP contribution in [0.1, 0.15) is 12.5 Å². The van der Waals surface area contributed by atoms with E-state index in [9.17, 15) is 9.18 Å². The molecule has 2 aromatic carbocycles. The molecule has 0 aliphatic carbocycles. The lowest BCUT2D eigenvalue weighted by atomic mass is 10.0. The number of nitrogens with zero attached hydrogens (tertiary/aromatic N) is 1. The summed E-state index contributed by atoms with van der Waals surface area (Å²) in [5, 5.41) is 0. The van der Waals surface area contributed by atoms with Crippen LogP contribution in [0.2, 0.25) is 0 Å². The first-order chi connectivity index (χ1) is 13.1. The third-order valence-electron chi connectivity index (χ3n) is 4.48. The number of rotatable bonds is 6. The fourth-order valence-corrected chi connectivity index (χ4v) is 3.04. The van der Waals surface area contributed by atoms with Crippen molar-refractivity contribution in [2.45, 2.75) is 19.6 Å². The molecule has 0 N–H and O–H groups in total. The predicted octanol–water partition coefficient (Wildman–Crippen LogP) is 5.66. The highest BCUT2D eigenvalue weighted by atomic mass is 19.1. The van der Waals surface area contributed by atoms with Gasteiger partial charge in [0.1, 0.15) is 11.9 Å². The van der Waals surface area contributed by atoms with Gasteiger partial charge in [-0.25, -0.2) is 9.18 Å². The van der Waals surface area contributed by atoms with E-state index in [1.165, 1.54) is 6.08 Å². The first-order valence-corrected chi connectivity index (χ1v) is 8.85. The molecule has 0 radical (unpaired) electrons. The van der Waals surface area contributed by atoms with Crippen molar-refractivity contribution in [2.24, 2.45) is 0 Å². The second kappa shape index (κ2) is 8.49. The summed E-state index contributed by atoms with van der Waals surface area (Å²) in [4.78, 5) is 13.9. The van der Waals surface area contributed by atoms with E-state index < -0.39 is 11.9 Å². The van der Waals surface area contributed by atoms with Crippen molar-refractivity contribution in [1.82, 2.24) is 4.90 Å². The van der Waals surface area contributed by atoms with Gasteiger partial charge in [0, 0.05) is 6.54 Å². The van der Waals surface area contributed by atoms with Gasteiger partial charge < -0.3 is 4.74 Å². The Bertz CT molecular complexity index is 869. The van der Waals surface area contributed by atoms with Gasteiger partial charge in [0.2, 0.25) is 0 Å². The number of hydrogen-bond donors (Lipinski definition) is 0. The van der Waals surface area contributed by atoms with Crippen LogP contribution in [0.25, 0.3) is 11.1 Å². The highest BCUT2D eigenvalue weighted by molar-refractivity contribution is 5.71. The number of hydrogen-bond acceptors (Lipinski definition) is 2. The quantitative estimate of drug-likeness (QED) is 0.620. The molecule has 4 heteroatoms. The molecule has 0 saturated carbocycles. The maximum Gasteiger partial charge on any atom is 0.410 e. The summed E-state index contributed by atoms with van der Waals surface area (Å²) < 4.78 is 18.3. The Morgan fingerprint density at radius 1 is 1.15 bits per heavy atom. The number of halogens is 1. The van der Waals surface area contributed by atoms with Crippen molar-refractivity contribution in [2.75, 3.05) is 6.54 Å². The molecule has 1 fully saturated rings. The molecule has 138 valence electrons. The topological polar surface area (TPSA) is 29.5 Å². The largest absolute Gasteiger partial charge is 0.439 e. The first kappa shape index (κ1) is 18.6. The molecule has 1 saturated heterocycles. The number of carbonyl (C=O) groups is 1. The molecule has 1 amide bonds. The van der Waals surface area contributed by atoms with Gasteiger partial charge in [0.05, 0.1) is 6.54 Å². The van der Waals surface area contributed by atoms with E-state index >= 15 is 0 Å². The van der Waals surface area contributed by atoms with Gasteiger partial charge >= 0.3 is 6.09 Å². The molecule has 0 aromatic heterocycles. The number of benzene rings is 2. The van der Waals surface area contributed by atoms with E-state index in [-0.39, 0.29) is 6.09 Å². The highest BCUT2D eigenvalue weighted by Crippen LogP contribution is 2.23. The Morgan fingerprint density at radius 3 is 2.44 bits per heavy atom. The summed E-state index contributed by atoms with van der Waals surface area (Å²) in [7, 11) is 0.